The van der Waals surface area contributed by atoms with Crippen molar-refractivity contribution in [3.63, 3.8) is 0 Å². The fourth-order valence-corrected chi connectivity index (χ4v) is 3.12. The molecule has 0 unspecified atom stereocenters. The Balaban J connectivity index is 1.84. The summed E-state index contributed by atoms with van der Waals surface area (Å²) in [5, 5.41) is 7.79. The van der Waals surface area contributed by atoms with Crippen LogP contribution in [0.1, 0.15) is 26.7 Å². The minimum Gasteiger partial charge on any atom is -0.495 e. The number of imide groups is 1. The van der Waals surface area contributed by atoms with Crippen LogP contribution >= 0.6 is 0 Å². The smallest absolute Gasteiger partial charge is 0.321 e. The Morgan fingerprint density at radius 1 is 1.22 bits per heavy atom. The second kappa shape index (κ2) is 9.91. The van der Waals surface area contributed by atoms with Gasteiger partial charge in [0.1, 0.15) is 5.75 Å². The van der Waals surface area contributed by atoms with E-state index in [9.17, 15) is 14.4 Å². The van der Waals surface area contributed by atoms with Gasteiger partial charge in [0.2, 0.25) is 11.8 Å². The van der Waals surface area contributed by atoms with Crippen molar-refractivity contribution in [3.05, 3.63) is 24.3 Å². The number of hydrogen-bond donors (Lipinski definition) is 3. The number of rotatable bonds is 6. The first-order valence-electron chi connectivity index (χ1n) is 9.22. The van der Waals surface area contributed by atoms with Crippen LogP contribution in [0.4, 0.5) is 10.5 Å². The molecule has 1 aromatic rings. The topological polar surface area (TPSA) is 99.8 Å². The molecular weight excluding hydrogens is 348 g/mol. The molecule has 0 spiro atoms. The predicted molar refractivity (Wildman–Crippen MR) is 103 cm³/mol. The number of nitrogens with zero attached hydrogens (tertiary/aromatic N) is 1. The average Bonchev–Trinajstić information content (AvgIpc) is 2.68. The lowest BCUT2D eigenvalue weighted by Crippen LogP contribution is -2.52. The second-order valence-electron chi connectivity index (χ2n) is 6.52. The van der Waals surface area contributed by atoms with E-state index < -0.39 is 12.1 Å². The standard InChI is InChI=1S/C19H28N4O4/c1-4-20-19(26)22-17(24)13(2)23-11-9-14(10-12-23)18(25)21-15-7-5-6-8-16(15)27-3/h5-8,13-14H,4,9-12H2,1-3H3,(H,21,25)(H2,20,22,24,26)/t13-/m1/s1. The van der Waals surface area contributed by atoms with E-state index in [1.165, 1.54) is 0 Å². The van der Waals surface area contributed by atoms with E-state index in [0.29, 0.717) is 43.9 Å². The van der Waals surface area contributed by atoms with E-state index in [1.54, 1.807) is 33.1 Å². The molecule has 0 aromatic heterocycles. The van der Waals surface area contributed by atoms with Crippen molar-refractivity contribution in [1.29, 1.82) is 0 Å². The molecule has 0 bridgehead atoms. The van der Waals surface area contributed by atoms with Gasteiger partial charge in [0.25, 0.3) is 0 Å². The first kappa shape index (κ1) is 20.7. The van der Waals surface area contributed by atoms with Crippen molar-refractivity contribution in [1.82, 2.24) is 15.5 Å². The third-order valence-corrected chi connectivity index (χ3v) is 4.77. The quantitative estimate of drug-likeness (QED) is 0.700. The molecule has 1 atom stereocenters. The maximum absolute atomic E-state index is 12.5. The molecule has 1 fully saturated rings. The lowest BCUT2D eigenvalue weighted by molar-refractivity contribution is -0.126. The van der Waals surface area contributed by atoms with Gasteiger partial charge >= 0.3 is 6.03 Å². The maximum Gasteiger partial charge on any atom is 0.321 e. The summed E-state index contributed by atoms with van der Waals surface area (Å²) in [4.78, 5) is 38.2. The van der Waals surface area contributed by atoms with Crippen molar-refractivity contribution >= 4 is 23.5 Å². The SMILES string of the molecule is CCNC(=O)NC(=O)[C@@H](C)N1CCC(C(=O)Nc2ccccc2OC)CC1. The van der Waals surface area contributed by atoms with E-state index in [0.717, 1.165) is 0 Å². The van der Waals surface area contributed by atoms with Crippen LogP contribution in [0.2, 0.25) is 0 Å². The molecule has 1 saturated heterocycles. The molecule has 8 nitrogen and oxygen atoms in total. The molecule has 0 aliphatic carbocycles. The monoisotopic (exact) mass is 376 g/mol. The van der Waals surface area contributed by atoms with Gasteiger partial charge in [0.05, 0.1) is 18.8 Å². The maximum atomic E-state index is 12.5. The number of ether oxygens (including phenoxy) is 1. The fraction of sp³-hybridized carbons (Fsp3) is 0.526. The minimum absolute atomic E-state index is 0.0430. The van der Waals surface area contributed by atoms with E-state index >= 15 is 0 Å². The molecule has 1 heterocycles. The number of nitrogens with one attached hydrogen (secondary N) is 3. The third kappa shape index (κ3) is 5.68. The highest BCUT2D eigenvalue weighted by Crippen LogP contribution is 2.26. The number of anilines is 1. The Morgan fingerprint density at radius 2 is 1.89 bits per heavy atom. The summed E-state index contributed by atoms with van der Waals surface area (Å²) in [7, 11) is 1.57. The Hall–Kier alpha value is -2.61. The normalized spacial score (nSPS) is 16.3. The van der Waals surface area contributed by atoms with Crippen LogP contribution in [0.25, 0.3) is 0 Å². The number of carbonyl (C=O) groups is 3. The summed E-state index contributed by atoms with van der Waals surface area (Å²) in [6, 6.07) is 6.38. The Kier molecular flexibility index (Phi) is 7.60. The summed E-state index contributed by atoms with van der Waals surface area (Å²) in [5.41, 5.74) is 0.655. The molecule has 27 heavy (non-hydrogen) atoms. The molecule has 8 heteroatoms. The Morgan fingerprint density at radius 3 is 2.52 bits per heavy atom. The van der Waals surface area contributed by atoms with Gasteiger partial charge in [-0.05, 0) is 51.9 Å². The molecule has 2 rings (SSSR count). The molecular formula is C19H28N4O4. The van der Waals surface area contributed by atoms with Crippen LogP contribution in [0.5, 0.6) is 5.75 Å². The van der Waals surface area contributed by atoms with Crippen LogP contribution in [-0.2, 0) is 9.59 Å². The van der Waals surface area contributed by atoms with Gasteiger partial charge in [-0.3, -0.25) is 19.8 Å². The fourth-order valence-electron chi connectivity index (χ4n) is 3.12. The zero-order chi connectivity index (χ0) is 19.8. The van der Waals surface area contributed by atoms with Gasteiger partial charge in [-0.2, -0.15) is 0 Å². The van der Waals surface area contributed by atoms with Crippen molar-refractivity contribution in [2.45, 2.75) is 32.7 Å². The highest BCUT2D eigenvalue weighted by atomic mass is 16.5. The summed E-state index contributed by atoms with van der Waals surface area (Å²) in [6.45, 7) is 5.25. The minimum atomic E-state index is -0.486. The van der Waals surface area contributed by atoms with E-state index in [1.807, 2.05) is 17.0 Å². The number of benzene rings is 1. The molecule has 4 amide bonds. The number of para-hydroxylation sites is 2. The molecule has 1 aliphatic heterocycles. The van der Waals surface area contributed by atoms with Crippen LogP contribution in [-0.4, -0.2) is 55.5 Å². The highest BCUT2D eigenvalue weighted by Gasteiger charge is 2.30. The number of carbonyl (C=O) groups excluding carboxylic acids is 3. The first-order chi connectivity index (χ1) is 13.0. The second-order valence-corrected chi connectivity index (χ2v) is 6.52. The van der Waals surface area contributed by atoms with Crippen LogP contribution in [0, 0.1) is 5.92 Å². The Labute approximate surface area is 159 Å². The highest BCUT2D eigenvalue weighted by molar-refractivity contribution is 5.97. The Bertz CT molecular complexity index is 671. The van der Waals surface area contributed by atoms with Gasteiger partial charge in [0.15, 0.2) is 0 Å². The van der Waals surface area contributed by atoms with Crippen molar-refractivity contribution in [2.24, 2.45) is 5.92 Å². The van der Waals surface area contributed by atoms with Gasteiger partial charge < -0.3 is 15.4 Å². The molecule has 1 aromatic carbocycles. The average molecular weight is 376 g/mol. The molecule has 0 saturated carbocycles. The number of methoxy groups -OCH3 is 1. The lowest BCUT2D eigenvalue weighted by atomic mass is 9.94. The van der Waals surface area contributed by atoms with E-state index in [2.05, 4.69) is 16.0 Å². The predicted octanol–water partition coefficient (Wildman–Crippen LogP) is 1.58. The first-order valence-corrected chi connectivity index (χ1v) is 9.22. The van der Waals surface area contributed by atoms with Gasteiger partial charge in [-0.1, -0.05) is 12.1 Å². The molecule has 0 radical (unpaired) electrons. The van der Waals surface area contributed by atoms with E-state index in [4.69, 9.17) is 4.74 Å². The van der Waals surface area contributed by atoms with Gasteiger partial charge in [0, 0.05) is 12.5 Å². The number of amides is 4. The zero-order valence-electron chi connectivity index (χ0n) is 16.1. The summed E-state index contributed by atoms with van der Waals surface area (Å²) in [6.07, 6.45) is 1.31. The number of hydrogen-bond acceptors (Lipinski definition) is 5. The number of urea groups is 1. The van der Waals surface area contributed by atoms with Crippen LogP contribution in [0.3, 0.4) is 0 Å². The van der Waals surface area contributed by atoms with Gasteiger partial charge in [-0.15, -0.1) is 0 Å². The zero-order valence-corrected chi connectivity index (χ0v) is 16.1. The summed E-state index contributed by atoms with van der Waals surface area (Å²) in [5.74, 6) is 0.125. The van der Waals surface area contributed by atoms with E-state index in [-0.39, 0.29) is 17.7 Å². The lowest BCUT2D eigenvalue weighted by Gasteiger charge is -2.34. The largest absolute Gasteiger partial charge is 0.495 e. The summed E-state index contributed by atoms with van der Waals surface area (Å²) < 4.78 is 5.26. The van der Waals surface area contributed by atoms with Crippen molar-refractivity contribution in [2.75, 3.05) is 32.1 Å². The summed E-state index contributed by atoms with van der Waals surface area (Å²) >= 11 is 0. The number of likely N-dealkylation sites (tertiary alicyclic amines) is 1. The van der Waals surface area contributed by atoms with Crippen LogP contribution < -0.4 is 20.7 Å². The van der Waals surface area contributed by atoms with Crippen molar-refractivity contribution in [3.8, 4) is 5.75 Å². The number of piperidine rings is 1. The molecule has 1 aliphatic rings. The van der Waals surface area contributed by atoms with Gasteiger partial charge in [-0.25, -0.2) is 4.79 Å². The van der Waals surface area contributed by atoms with Crippen LogP contribution in [0.15, 0.2) is 24.3 Å². The molecule has 148 valence electrons. The third-order valence-electron chi connectivity index (χ3n) is 4.77. The molecule has 3 N–H and O–H groups in total. The van der Waals surface area contributed by atoms with Crippen molar-refractivity contribution < 1.29 is 19.1 Å².